The van der Waals surface area contributed by atoms with E-state index >= 15 is 0 Å². The molecule has 28 heavy (non-hydrogen) atoms. The van der Waals surface area contributed by atoms with Crippen LogP contribution in [0.4, 0.5) is 0 Å². The summed E-state index contributed by atoms with van der Waals surface area (Å²) in [4.78, 5) is 24.0. The smallest absolute Gasteiger partial charge is 0.269 e. The molecule has 6 nitrogen and oxygen atoms in total. The maximum absolute atomic E-state index is 12.1. The number of ether oxygens (including phenoxy) is 1. The highest BCUT2D eigenvalue weighted by molar-refractivity contribution is 7.80. The molecule has 2 aromatic carbocycles. The van der Waals surface area contributed by atoms with Crippen molar-refractivity contribution in [1.82, 2.24) is 16.2 Å². The Hall–Kier alpha value is -2.93. The summed E-state index contributed by atoms with van der Waals surface area (Å²) in [5.74, 6) is -0.178. The molecule has 0 fully saturated rings. The van der Waals surface area contributed by atoms with Gasteiger partial charge >= 0.3 is 0 Å². The normalized spacial score (nSPS) is 10.7. The van der Waals surface area contributed by atoms with Crippen LogP contribution in [0.2, 0.25) is 0 Å². The van der Waals surface area contributed by atoms with Crippen LogP contribution in [0.15, 0.2) is 48.5 Å². The Morgan fingerprint density at radius 3 is 2.25 bits per heavy atom. The molecule has 0 atom stereocenters. The minimum absolute atomic E-state index is 0.0152. The van der Waals surface area contributed by atoms with Crippen LogP contribution in [0.5, 0.6) is 5.75 Å². The van der Waals surface area contributed by atoms with Crippen molar-refractivity contribution in [2.45, 2.75) is 33.1 Å². The van der Waals surface area contributed by atoms with E-state index in [-0.39, 0.29) is 23.0 Å². The van der Waals surface area contributed by atoms with Crippen LogP contribution in [-0.4, -0.2) is 23.5 Å². The van der Waals surface area contributed by atoms with Gasteiger partial charge in [0.15, 0.2) is 11.7 Å². The second-order valence-electron chi connectivity index (χ2n) is 7.33. The summed E-state index contributed by atoms with van der Waals surface area (Å²) in [5.41, 5.74) is 7.55. The molecule has 0 aliphatic heterocycles. The van der Waals surface area contributed by atoms with E-state index in [1.54, 1.807) is 12.1 Å². The molecule has 7 heteroatoms. The molecule has 2 rings (SSSR count). The number of thiocarbonyl (C=S) groups is 1. The maximum Gasteiger partial charge on any atom is 0.269 e. The highest BCUT2D eigenvalue weighted by Gasteiger charge is 2.13. The Labute approximate surface area is 170 Å². The number of benzene rings is 2. The minimum atomic E-state index is -0.428. The van der Waals surface area contributed by atoms with E-state index in [2.05, 4.69) is 36.9 Å². The van der Waals surface area contributed by atoms with Crippen LogP contribution in [0.3, 0.4) is 0 Å². The first kappa shape index (κ1) is 21.4. The predicted molar refractivity (Wildman–Crippen MR) is 113 cm³/mol. The van der Waals surface area contributed by atoms with Gasteiger partial charge in [-0.05, 0) is 53.9 Å². The van der Waals surface area contributed by atoms with Gasteiger partial charge in [0.05, 0.1) is 0 Å². The van der Waals surface area contributed by atoms with Crippen molar-refractivity contribution >= 4 is 29.1 Å². The van der Waals surface area contributed by atoms with Crippen molar-refractivity contribution < 1.29 is 14.3 Å². The third kappa shape index (κ3) is 6.35. The van der Waals surface area contributed by atoms with E-state index in [0.29, 0.717) is 11.3 Å². The van der Waals surface area contributed by atoms with Gasteiger partial charge in [-0.1, -0.05) is 51.1 Å². The highest BCUT2D eigenvalue weighted by Crippen LogP contribution is 2.24. The summed E-state index contributed by atoms with van der Waals surface area (Å²) in [6.07, 6.45) is 0. The molecule has 0 radical (unpaired) electrons. The molecule has 0 saturated carbocycles. The summed E-state index contributed by atoms with van der Waals surface area (Å²) >= 11 is 5.01. The van der Waals surface area contributed by atoms with Gasteiger partial charge in [-0.15, -0.1) is 0 Å². The fourth-order valence-corrected chi connectivity index (χ4v) is 2.57. The first-order chi connectivity index (χ1) is 13.2. The van der Waals surface area contributed by atoms with E-state index in [1.807, 2.05) is 43.3 Å². The standard InChI is InChI=1S/C21H25N3O3S/c1-14-7-5-6-8-17(14)19(26)23-24-20(28)22-18(25)13-27-16-11-9-15(10-12-16)21(2,3)4/h5-12H,13H2,1-4H3,(H,23,26)(H2,22,24,25,28). The lowest BCUT2D eigenvalue weighted by Gasteiger charge is -2.19. The van der Waals surface area contributed by atoms with Crippen LogP contribution < -0.4 is 20.9 Å². The van der Waals surface area contributed by atoms with Gasteiger partial charge in [-0.2, -0.15) is 0 Å². The van der Waals surface area contributed by atoms with E-state index in [4.69, 9.17) is 17.0 Å². The number of nitrogens with one attached hydrogen (secondary N) is 3. The Bertz CT molecular complexity index is 858. The van der Waals surface area contributed by atoms with Gasteiger partial charge in [-0.3, -0.25) is 25.8 Å². The Morgan fingerprint density at radius 1 is 1.00 bits per heavy atom. The molecule has 0 saturated heterocycles. The molecule has 0 spiro atoms. The van der Waals surface area contributed by atoms with Crippen LogP contribution in [0.25, 0.3) is 0 Å². The molecule has 0 bridgehead atoms. The zero-order chi connectivity index (χ0) is 20.7. The molecule has 0 aliphatic rings. The third-order valence-electron chi connectivity index (χ3n) is 4.02. The third-order valence-corrected chi connectivity index (χ3v) is 4.23. The van der Waals surface area contributed by atoms with Crippen molar-refractivity contribution in [1.29, 1.82) is 0 Å². The number of aryl methyl sites for hydroxylation is 1. The lowest BCUT2D eigenvalue weighted by molar-refractivity contribution is -0.121. The highest BCUT2D eigenvalue weighted by atomic mass is 32.1. The van der Waals surface area contributed by atoms with Crippen molar-refractivity contribution in [2.24, 2.45) is 0 Å². The van der Waals surface area contributed by atoms with Gasteiger partial charge in [0.2, 0.25) is 0 Å². The summed E-state index contributed by atoms with van der Waals surface area (Å²) < 4.78 is 5.46. The van der Waals surface area contributed by atoms with E-state index in [1.165, 1.54) is 5.56 Å². The maximum atomic E-state index is 12.1. The zero-order valence-corrected chi connectivity index (χ0v) is 17.3. The molecule has 2 amide bonds. The summed E-state index contributed by atoms with van der Waals surface area (Å²) in [7, 11) is 0. The van der Waals surface area contributed by atoms with Gasteiger partial charge < -0.3 is 4.74 Å². The van der Waals surface area contributed by atoms with E-state index < -0.39 is 5.91 Å². The molecule has 0 heterocycles. The molecule has 0 unspecified atom stereocenters. The largest absolute Gasteiger partial charge is 0.484 e. The molecule has 0 aliphatic carbocycles. The van der Waals surface area contributed by atoms with E-state index in [0.717, 1.165) is 5.56 Å². The van der Waals surface area contributed by atoms with Crippen molar-refractivity contribution in [2.75, 3.05) is 6.61 Å². The first-order valence-corrected chi connectivity index (χ1v) is 9.27. The average molecular weight is 400 g/mol. The van der Waals surface area contributed by atoms with Gasteiger partial charge in [0.1, 0.15) is 5.75 Å². The minimum Gasteiger partial charge on any atom is -0.484 e. The average Bonchev–Trinajstić information content (AvgIpc) is 2.64. The van der Waals surface area contributed by atoms with Crippen molar-refractivity contribution in [3.05, 3.63) is 65.2 Å². The second-order valence-corrected chi connectivity index (χ2v) is 7.74. The zero-order valence-electron chi connectivity index (χ0n) is 16.5. The molecule has 2 aromatic rings. The van der Waals surface area contributed by atoms with Crippen molar-refractivity contribution in [3.63, 3.8) is 0 Å². The monoisotopic (exact) mass is 399 g/mol. The number of rotatable bonds is 4. The Kier molecular flexibility index (Phi) is 7.12. The van der Waals surface area contributed by atoms with Gasteiger partial charge in [-0.25, -0.2) is 0 Å². The number of hydrazine groups is 1. The summed E-state index contributed by atoms with van der Waals surface area (Å²) in [6.45, 7) is 8.02. The fraction of sp³-hybridized carbons (Fsp3) is 0.286. The van der Waals surface area contributed by atoms with E-state index in [9.17, 15) is 9.59 Å². The van der Waals surface area contributed by atoms with Crippen LogP contribution in [0.1, 0.15) is 42.3 Å². The molecular weight excluding hydrogens is 374 g/mol. The van der Waals surface area contributed by atoms with Gasteiger partial charge in [0, 0.05) is 5.56 Å². The lowest BCUT2D eigenvalue weighted by atomic mass is 9.87. The summed E-state index contributed by atoms with van der Waals surface area (Å²) in [5, 5.41) is 2.43. The molecule has 0 aromatic heterocycles. The first-order valence-electron chi connectivity index (χ1n) is 8.86. The molecular formula is C21H25N3O3S. The topological polar surface area (TPSA) is 79.5 Å². The van der Waals surface area contributed by atoms with Crippen LogP contribution >= 0.6 is 12.2 Å². The van der Waals surface area contributed by atoms with Gasteiger partial charge in [0.25, 0.3) is 11.8 Å². The number of amides is 2. The Morgan fingerprint density at radius 2 is 1.64 bits per heavy atom. The van der Waals surface area contributed by atoms with Crippen LogP contribution in [0, 0.1) is 6.92 Å². The Balaban J connectivity index is 1.76. The molecule has 3 N–H and O–H groups in total. The summed E-state index contributed by atoms with van der Waals surface area (Å²) in [6, 6.07) is 14.8. The fourth-order valence-electron chi connectivity index (χ4n) is 2.40. The quantitative estimate of drug-likeness (QED) is 0.544. The SMILES string of the molecule is Cc1ccccc1C(=O)NNC(=S)NC(=O)COc1ccc(C(C)(C)C)cc1. The predicted octanol–water partition coefficient (Wildman–Crippen LogP) is 3.01. The van der Waals surface area contributed by atoms with Crippen molar-refractivity contribution in [3.8, 4) is 5.75 Å². The lowest BCUT2D eigenvalue weighted by Crippen LogP contribution is -2.49. The molecule has 148 valence electrons. The second kappa shape index (κ2) is 9.32. The number of hydrogen-bond donors (Lipinski definition) is 3. The number of hydrogen-bond acceptors (Lipinski definition) is 4. The van der Waals surface area contributed by atoms with Crippen LogP contribution in [-0.2, 0) is 10.2 Å². The number of carbonyl (C=O) groups excluding carboxylic acids is 2. The number of carbonyl (C=O) groups is 2.